The number of hydrogen-bond donors (Lipinski definition) is 2. The molecule has 0 radical (unpaired) electrons. The summed E-state index contributed by atoms with van der Waals surface area (Å²) in [5.41, 5.74) is 1.92. The predicted octanol–water partition coefficient (Wildman–Crippen LogP) is 2.89. The molecule has 2 N–H and O–H groups in total. The molecule has 0 aliphatic rings. The van der Waals surface area contributed by atoms with Gasteiger partial charge in [-0.3, -0.25) is 0 Å². The molecule has 0 aliphatic carbocycles. The molecule has 0 amide bonds. The molecule has 0 unspecified atom stereocenters. The van der Waals surface area contributed by atoms with Crippen molar-refractivity contribution in [1.82, 2.24) is 9.97 Å². The lowest BCUT2D eigenvalue weighted by Crippen LogP contribution is -1.97. The fourth-order valence-electron chi connectivity index (χ4n) is 1.29. The molecule has 0 fully saturated rings. The van der Waals surface area contributed by atoms with Gasteiger partial charge in [-0.2, -0.15) is 4.98 Å². The second-order valence-corrected chi connectivity index (χ2v) is 3.65. The maximum Gasteiger partial charge on any atom is 0.224 e. The summed E-state index contributed by atoms with van der Waals surface area (Å²) in [5, 5.41) is 12.6. The number of anilines is 2. The summed E-state index contributed by atoms with van der Waals surface area (Å²) in [4.78, 5) is 7.57. The quantitative estimate of drug-likeness (QED) is 0.786. The van der Waals surface area contributed by atoms with Gasteiger partial charge in [-0.05, 0) is 30.2 Å². The summed E-state index contributed by atoms with van der Waals surface area (Å²) in [5.74, 6) is 0.266. The van der Waals surface area contributed by atoms with E-state index >= 15 is 0 Å². The number of nitrogens with zero attached hydrogens (tertiary/aromatic N) is 2. The highest BCUT2D eigenvalue weighted by Crippen LogP contribution is 2.25. The van der Waals surface area contributed by atoms with E-state index in [1.54, 1.807) is 0 Å². The van der Waals surface area contributed by atoms with Gasteiger partial charge in [0.05, 0.1) is 6.20 Å². The molecular weight excluding hydrogens is 226 g/mol. The number of halogens is 1. The van der Waals surface area contributed by atoms with Crippen LogP contribution in [0.3, 0.4) is 0 Å². The molecule has 0 atom stereocenters. The number of hydrogen-bond acceptors (Lipinski definition) is 4. The first kappa shape index (κ1) is 10.7. The van der Waals surface area contributed by atoms with Gasteiger partial charge >= 0.3 is 0 Å². The fourth-order valence-corrected chi connectivity index (χ4v) is 1.42. The van der Waals surface area contributed by atoms with Gasteiger partial charge in [0.15, 0.2) is 11.6 Å². The van der Waals surface area contributed by atoms with Crippen LogP contribution in [0.25, 0.3) is 0 Å². The molecule has 2 rings (SSSR count). The van der Waals surface area contributed by atoms with Crippen LogP contribution in [-0.2, 0) is 0 Å². The van der Waals surface area contributed by atoms with E-state index < -0.39 is 0 Å². The summed E-state index contributed by atoms with van der Waals surface area (Å²) < 4.78 is 0. The molecule has 1 heterocycles. The smallest absolute Gasteiger partial charge is 0.224 e. The average molecular weight is 236 g/mol. The molecule has 4 nitrogen and oxygen atoms in total. The van der Waals surface area contributed by atoms with E-state index in [1.165, 1.54) is 6.20 Å². The van der Waals surface area contributed by atoms with Crippen LogP contribution in [0.1, 0.15) is 5.56 Å². The third-order valence-electron chi connectivity index (χ3n) is 2.14. The van der Waals surface area contributed by atoms with Gasteiger partial charge in [-0.25, -0.2) is 4.98 Å². The number of nitrogens with one attached hydrogen (secondary N) is 1. The molecule has 16 heavy (non-hydrogen) atoms. The van der Waals surface area contributed by atoms with E-state index in [0.717, 1.165) is 11.3 Å². The van der Waals surface area contributed by atoms with Crippen LogP contribution in [0.5, 0.6) is 5.75 Å². The van der Waals surface area contributed by atoms with Crippen molar-refractivity contribution in [2.45, 2.75) is 6.92 Å². The lowest BCUT2D eigenvalue weighted by molar-refractivity contribution is 0.472. The molecule has 0 saturated carbocycles. The maximum absolute atomic E-state index is 9.54. The van der Waals surface area contributed by atoms with Crippen molar-refractivity contribution in [2.24, 2.45) is 0 Å². The summed E-state index contributed by atoms with van der Waals surface area (Å²) in [6.45, 7) is 1.96. The van der Waals surface area contributed by atoms with Crippen molar-refractivity contribution < 1.29 is 5.11 Å². The van der Waals surface area contributed by atoms with Crippen LogP contribution >= 0.6 is 11.6 Å². The van der Waals surface area contributed by atoms with Crippen LogP contribution in [0.2, 0.25) is 5.28 Å². The average Bonchev–Trinajstić information content (AvgIpc) is 2.27. The lowest BCUT2D eigenvalue weighted by atomic mass is 10.2. The number of benzene rings is 1. The number of para-hydroxylation sites is 1. The molecule has 0 aliphatic heterocycles. The third-order valence-corrected chi connectivity index (χ3v) is 2.32. The standard InChI is InChI=1S/C11H10ClN3O/c1-7-4-2-3-5-8(7)14-10-9(16)6-13-11(12)15-10/h2-6,16H,1H3,(H,13,14,15). The lowest BCUT2D eigenvalue weighted by Gasteiger charge is -2.09. The minimum Gasteiger partial charge on any atom is -0.503 e. The Bertz CT molecular complexity index is 516. The molecule has 0 spiro atoms. The van der Waals surface area contributed by atoms with Crippen LogP contribution in [0, 0.1) is 6.92 Å². The summed E-state index contributed by atoms with van der Waals surface area (Å²) in [6, 6.07) is 7.69. The van der Waals surface area contributed by atoms with E-state index in [2.05, 4.69) is 15.3 Å². The van der Waals surface area contributed by atoms with Crippen molar-refractivity contribution in [3.8, 4) is 5.75 Å². The minimum atomic E-state index is -0.0346. The van der Waals surface area contributed by atoms with Gasteiger partial charge in [0.1, 0.15) is 0 Å². The van der Waals surface area contributed by atoms with E-state index in [1.807, 2.05) is 31.2 Å². The second kappa shape index (κ2) is 4.37. The Morgan fingerprint density at radius 3 is 2.81 bits per heavy atom. The molecule has 1 aromatic carbocycles. The Balaban J connectivity index is 2.34. The van der Waals surface area contributed by atoms with Crippen molar-refractivity contribution in [1.29, 1.82) is 0 Å². The first-order valence-electron chi connectivity index (χ1n) is 4.71. The molecule has 82 valence electrons. The largest absolute Gasteiger partial charge is 0.503 e. The van der Waals surface area contributed by atoms with Crippen molar-refractivity contribution in [3.05, 3.63) is 41.3 Å². The van der Waals surface area contributed by atoms with Gasteiger partial charge in [-0.1, -0.05) is 18.2 Å². The van der Waals surface area contributed by atoms with Crippen LogP contribution in [-0.4, -0.2) is 15.1 Å². The summed E-state index contributed by atoms with van der Waals surface area (Å²) in [6.07, 6.45) is 1.26. The summed E-state index contributed by atoms with van der Waals surface area (Å²) in [7, 11) is 0. The van der Waals surface area contributed by atoms with Gasteiger partial charge in [0.2, 0.25) is 5.28 Å². The molecular formula is C11H10ClN3O. The molecule has 0 saturated heterocycles. The molecule has 0 bridgehead atoms. The van der Waals surface area contributed by atoms with E-state index in [9.17, 15) is 5.11 Å². The molecule has 1 aromatic heterocycles. The summed E-state index contributed by atoms with van der Waals surface area (Å²) >= 11 is 5.65. The topological polar surface area (TPSA) is 58.0 Å². The first-order chi connectivity index (χ1) is 7.66. The molecule has 5 heteroatoms. The number of aryl methyl sites for hydroxylation is 1. The van der Waals surface area contributed by atoms with Gasteiger partial charge in [0.25, 0.3) is 0 Å². The minimum absolute atomic E-state index is 0.0346. The number of rotatable bonds is 2. The number of aromatic nitrogens is 2. The maximum atomic E-state index is 9.54. The Labute approximate surface area is 97.9 Å². The Morgan fingerprint density at radius 1 is 1.31 bits per heavy atom. The van der Waals surface area contributed by atoms with Crippen LogP contribution < -0.4 is 5.32 Å². The van der Waals surface area contributed by atoms with Crippen LogP contribution in [0.4, 0.5) is 11.5 Å². The highest BCUT2D eigenvalue weighted by Gasteiger charge is 2.06. The Morgan fingerprint density at radius 2 is 2.06 bits per heavy atom. The SMILES string of the molecule is Cc1ccccc1Nc1nc(Cl)ncc1O. The van der Waals surface area contributed by atoms with Crippen molar-refractivity contribution in [3.63, 3.8) is 0 Å². The Hall–Kier alpha value is -1.81. The monoisotopic (exact) mass is 235 g/mol. The number of aromatic hydroxyl groups is 1. The van der Waals surface area contributed by atoms with E-state index in [4.69, 9.17) is 11.6 Å². The normalized spacial score (nSPS) is 10.1. The molecule has 2 aromatic rings. The second-order valence-electron chi connectivity index (χ2n) is 3.31. The van der Waals surface area contributed by atoms with Crippen molar-refractivity contribution >= 4 is 23.1 Å². The van der Waals surface area contributed by atoms with Crippen LogP contribution in [0.15, 0.2) is 30.5 Å². The highest BCUT2D eigenvalue weighted by molar-refractivity contribution is 6.28. The third kappa shape index (κ3) is 2.23. The zero-order valence-electron chi connectivity index (χ0n) is 8.61. The zero-order valence-corrected chi connectivity index (χ0v) is 9.36. The fraction of sp³-hybridized carbons (Fsp3) is 0.0909. The van der Waals surface area contributed by atoms with Gasteiger partial charge in [-0.15, -0.1) is 0 Å². The Kier molecular flexibility index (Phi) is 2.92. The predicted molar refractivity (Wildman–Crippen MR) is 63.2 cm³/mol. The van der Waals surface area contributed by atoms with E-state index in [-0.39, 0.29) is 11.0 Å². The zero-order chi connectivity index (χ0) is 11.5. The van der Waals surface area contributed by atoms with Gasteiger partial charge in [0, 0.05) is 5.69 Å². The van der Waals surface area contributed by atoms with Crippen molar-refractivity contribution in [2.75, 3.05) is 5.32 Å². The first-order valence-corrected chi connectivity index (χ1v) is 5.09. The van der Waals surface area contributed by atoms with E-state index in [0.29, 0.717) is 5.82 Å². The van der Waals surface area contributed by atoms with Gasteiger partial charge < -0.3 is 10.4 Å². The highest BCUT2D eigenvalue weighted by atomic mass is 35.5.